The van der Waals surface area contributed by atoms with Gasteiger partial charge in [0.05, 0.1) is 5.71 Å². The van der Waals surface area contributed by atoms with Gasteiger partial charge in [0.2, 0.25) is 5.91 Å². The van der Waals surface area contributed by atoms with Gasteiger partial charge in [0.15, 0.2) is 0 Å². The average molecular weight is 290 g/mol. The Balaban J connectivity index is 2.07. The molecule has 5 nitrogen and oxygen atoms in total. The first kappa shape index (κ1) is 15.4. The van der Waals surface area contributed by atoms with Crippen molar-refractivity contribution in [1.29, 1.82) is 0 Å². The van der Waals surface area contributed by atoms with E-state index in [0.717, 1.165) is 17.0 Å². The fourth-order valence-electron chi connectivity index (χ4n) is 2.42. The lowest BCUT2D eigenvalue weighted by Gasteiger charge is -2.21. The molecule has 2 N–H and O–H groups in total. The molecule has 0 atom stereocenters. The smallest absolute Gasteiger partial charge is 0.224 e. The van der Waals surface area contributed by atoms with E-state index in [1.54, 1.807) is 0 Å². The summed E-state index contributed by atoms with van der Waals surface area (Å²) in [6.07, 6.45) is 1.80. The Kier molecular flexibility index (Phi) is 4.50. The number of nitrogens with zero attached hydrogens (tertiary/aromatic N) is 1. The van der Waals surface area contributed by atoms with Crippen LogP contribution in [0.2, 0.25) is 0 Å². The van der Waals surface area contributed by atoms with Gasteiger partial charge in [0, 0.05) is 17.7 Å². The zero-order valence-electron chi connectivity index (χ0n) is 12.8. The van der Waals surface area contributed by atoms with Crippen molar-refractivity contribution in [2.45, 2.75) is 40.0 Å². The number of oxime groups is 1. The van der Waals surface area contributed by atoms with E-state index in [9.17, 15) is 4.79 Å². The quantitative estimate of drug-likeness (QED) is 0.508. The van der Waals surface area contributed by atoms with E-state index in [-0.39, 0.29) is 17.9 Å². The van der Waals surface area contributed by atoms with Crippen LogP contribution < -0.4 is 10.1 Å². The van der Waals surface area contributed by atoms with Gasteiger partial charge in [-0.15, -0.1) is 0 Å². The molecular weight excluding hydrogens is 268 g/mol. The summed E-state index contributed by atoms with van der Waals surface area (Å²) in [7, 11) is 0. The number of fused-ring (bicyclic) bond motifs is 1. The number of rotatable bonds is 4. The van der Waals surface area contributed by atoms with Crippen molar-refractivity contribution < 1.29 is 14.7 Å². The van der Waals surface area contributed by atoms with Crippen molar-refractivity contribution in [3.8, 4) is 5.75 Å². The second kappa shape index (κ2) is 6.16. The molecule has 0 fully saturated rings. The first-order valence-corrected chi connectivity index (χ1v) is 7.13. The summed E-state index contributed by atoms with van der Waals surface area (Å²) in [4.78, 5) is 11.4. The number of benzene rings is 1. The number of carbonyl (C=O) groups excluding carboxylic acids is 1. The van der Waals surface area contributed by atoms with Crippen LogP contribution in [0.1, 0.15) is 39.2 Å². The van der Waals surface area contributed by atoms with Crippen molar-refractivity contribution in [3.63, 3.8) is 0 Å². The molecule has 1 aliphatic rings. The third-order valence-electron chi connectivity index (χ3n) is 3.28. The van der Waals surface area contributed by atoms with Gasteiger partial charge >= 0.3 is 0 Å². The van der Waals surface area contributed by atoms with Gasteiger partial charge in [0.1, 0.15) is 12.4 Å². The Morgan fingerprint density at radius 3 is 2.81 bits per heavy atom. The molecule has 0 aliphatic carbocycles. The van der Waals surface area contributed by atoms with Crippen LogP contribution in [-0.2, 0) is 11.2 Å². The second-order valence-electron chi connectivity index (χ2n) is 6.52. The van der Waals surface area contributed by atoms with Crippen molar-refractivity contribution in [1.82, 2.24) is 0 Å². The largest absolute Gasteiger partial charge is 0.487 e. The van der Waals surface area contributed by atoms with Gasteiger partial charge in [-0.25, -0.2) is 0 Å². The molecule has 1 aliphatic heterocycles. The SMILES string of the molecule is CC(C)(C)CC(COc1cccc2c1CCC(=O)N2)=NO. The van der Waals surface area contributed by atoms with Crippen LogP contribution in [-0.4, -0.2) is 23.4 Å². The Hall–Kier alpha value is -2.04. The maximum absolute atomic E-state index is 11.4. The van der Waals surface area contributed by atoms with E-state index in [2.05, 4.69) is 31.2 Å². The zero-order valence-corrected chi connectivity index (χ0v) is 12.8. The maximum Gasteiger partial charge on any atom is 0.224 e. The van der Waals surface area contributed by atoms with E-state index >= 15 is 0 Å². The molecule has 1 amide bonds. The second-order valence-corrected chi connectivity index (χ2v) is 6.52. The molecule has 0 radical (unpaired) electrons. The van der Waals surface area contributed by atoms with E-state index in [4.69, 9.17) is 9.94 Å². The van der Waals surface area contributed by atoms with Gasteiger partial charge in [-0.05, 0) is 30.4 Å². The summed E-state index contributed by atoms with van der Waals surface area (Å²) >= 11 is 0. The molecule has 5 heteroatoms. The lowest BCUT2D eigenvalue weighted by Crippen LogP contribution is -2.22. The lowest BCUT2D eigenvalue weighted by molar-refractivity contribution is -0.116. The van der Waals surface area contributed by atoms with Crippen molar-refractivity contribution in [2.75, 3.05) is 11.9 Å². The Morgan fingerprint density at radius 1 is 1.38 bits per heavy atom. The minimum absolute atomic E-state index is 0.0324. The number of ether oxygens (including phenoxy) is 1. The molecule has 21 heavy (non-hydrogen) atoms. The zero-order chi connectivity index (χ0) is 15.5. The minimum Gasteiger partial charge on any atom is -0.487 e. The highest BCUT2D eigenvalue weighted by Crippen LogP contribution is 2.31. The first-order chi connectivity index (χ1) is 9.89. The highest BCUT2D eigenvalue weighted by molar-refractivity contribution is 5.94. The molecular formula is C16H22N2O3. The summed E-state index contributed by atoms with van der Waals surface area (Å²) in [5.74, 6) is 0.771. The van der Waals surface area contributed by atoms with E-state index < -0.39 is 0 Å². The van der Waals surface area contributed by atoms with Crippen molar-refractivity contribution >= 4 is 17.3 Å². The molecule has 0 spiro atoms. The minimum atomic E-state index is 0.0324. The summed E-state index contributed by atoms with van der Waals surface area (Å²) < 4.78 is 5.80. The summed E-state index contributed by atoms with van der Waals surface area (Å²) in [5.41, 5.74) is 2.46. The maximum atomic E-state index is 11.4. The van der Waals surface area contributed by atoms with Crippen LogP contribution in [0.5, 0.6) is 5.75 Å². The molecule has 0 bridgehead atoms. The Morgan fingerprint density at radius 2 is 2.14 bits per heavy atom. The van der Waals surface area contributed by atoms with E-state index in [0.29, 0.717) is 25.0 Å². The monoisotopic (exact) mass is 290 g/mol. The van der Waals surface area contributed by atoms with Gasteiger partial charge in [0.25, 0.3) is 0 Å². The molecule has 0 unspecified atom stereocenters. The summed E-state index contributed by atoms with van der Waals surface area (Å²) in [6.45, 7) is 6.49. The standard InChI is InChI=1S/C16H22N2O3/c1-16(2,3)9-11(18-20)10-21-14-6-4-5-13-12(14)7-8-15(19)17-13/h4-6,20H,7-10H2,1-3H3,(H,17,19). The molecule has 0 saturated heterocycles. The van der Waals surface area contributed by atoms with Crippen molar-refractivity contribution in [2.24, 2.45) is 10.6 Å². The van der Waals surface area contributed by atoms with Crippen molar-refractivity contribution in [3.05, 3.63) is 23.8 Å². The Bertz CT molecular complexity index is 559. The summed E-state index contributed by atoms with van der Waals surface area (Å²) in [5, 5.41) is 15.3. The highest BCUT2D eigenvalue weighted by atomic mass is 16.5. The molecule has 0 saturated carbocycles. The number of anilines is 1. The highest BCUT2D eigenvalue weighted by Gasteiger charge is 2.20. The fraction of sp³-hybridized carbons (Fsp3) is 0.500. The number of carbonyl (C=O) groups is 1. The molecule has 1 heterocycles. The fourth-order valence-corrected chi connectivity index (χ4v) is 2.42. The third kappa shape index (κ3) is 4.21. The van der Waals surface area contributed by atoms with Crippen LogP contribution in [0, 0.1) is 5.41 Å². The number of nitrogens with one attached hydrogen (secondary N) is 1. The number of hydrogen-bond acceptors (Lipinski definition) is 4. The average Bonchev–Trinajstić information content (AvgIpc) is 2.41. The van der Waals surface area contributed by atoms with Gasteiger partial charge in [-0.2, -0.15) is 0 Å². The lowest BCUT2D eigenvalue weighted by atomic mass is 9.90. The molecule has 114 valence electrons. The van der Waals surface area contributed by atoms with E-state index in [1.807, 2.05) is 18.2 Å². The Labute approximate surface area is 125 Å². The third-order valence-corrected chi connectivity index (χ3v) is 3.28. The van der Waals surface area contributed by atoms with Crippen LogP contribution in [0.15, 0.2) is 23.4 Å². The molecule has 0 aromatic heterocycles. The van der Waals surface area contributed by atoms with Crippen LogP contribution in [0.25, 0.3) is 0 Å². The van der Waals surface area contributed by atoms with E-state index in [1.165, 1.54) is 0 Å². The topological polar surface area (TPSA) is 70.9 Å². The molecule has 2 rings (SSSR count). The number of amides is 1. The predicted molar refractivity (Wildman–Crippen MR) is 82.2 cm³/mol. The van der Waals surface area contributed by atoms with Gasteiger partial charge in [-0.1, -0.05) is 32.0 Å². The molecule has 1 aromatic carbocycles. The molecule has 1 aromatic rings. The van der Waals surface area contributed by atoms with Crippen LogP contribution in [0.3, 0.4) is 0 Å². The van der Waals surface area contributed by atoms with Crippen LogP contribution >= 0.6 is 0 Å². The normalized spacial score (nSPS) is 15.4. The summed E-state index contributed by atoms with van der Waals surface area (Å²) in [6, 6.07) is 5.59. The van der Waals surface area contributed by atoms with Gasteiger partial charge < -0.3 is 15.3 Å². The first-order valence-electron chi connectivity index (χ1n) is 7.13. The predicted octanol–water partition coefficient (Wildman–Crippen LogP) is 3.22. The number of hydrogen-bond donors (Lipinski definition) is 2. The van der Waals surface area contributed by atoms with Crippen LogP contribution in [0.4, 0.5) is 5.69 Å². The van der Waals surface area contributed by atoms with Gasteiger partial charge in [-0.3, -0.25) is 4.79 Å².